The SMILES string of the molecule is COc1cccc(-n2cc(F)cn2)c1. The second-order valence-corrected chi connectivity index (χ2v) is 2.80. The molecule has 0 N–H and O–H groups in total. The van der Waals surface area contributed by atoms with Crippen molar-refractivity contribution in [3.63, 3.8) is 0 Å². The zero-order chi connectivity index (χ0) is 9.97. The Hall–Kier alpha value is -1.84. The van der Waals surface area contributed by atoms with E-state index in [4.69, 9.17) is 4.74 Å². The number of halogens is 1. The van der Waals surface area contributed by atoms with Gasteiger partial charge in [-0.3, -0.25) is 0 Å². The number of hydrogen-bond acceptors (Lipinski definition) is 2. The van der Waals surface area contributed by atoms with Gasteiger partial charge >= 0.3 is 0 Å². The first-order valence-corrected chi connectivity index (χ1v) is 4.14. The minimum Gasteiger partial charge on any atom is -0.497 e. The van der Waals surface area contributed by atoms with E-state index >= 15 is 0 Å². The van der Waals surface area contributed by atoms with E-state index in [1.807, 2.05) is 18.2 Å². The van der Waals surface area contributed by atoms with Crippen LogP contribution in [0.4, 0.5) is 4.39 Å². The van der Waals surface area contributed by atoms with Gasteiger partial charge in [-0.1, -0.05) is 6.07 Å². The molecule has 14 heavy (non-hydrogen) atoms. The third-order valence-corrected chi connectivity index (χ3v) is 1.87. The molecule has 72 valence electrons. The predicted molar refractivity (Wildman–Crippen MR) is 50.1 cm³/mol. The maximum Gasteiger partial charge on any atom is 0.161 e. The van der Waals surface area contributed by atoms with Crippen molar-refractivity contribution in [1.29, 1.82) is 0 Å². The van der Waals surface area contributed by atoms with Crippen LogP contribution in [-0.2, 0) is 0 Å². The smallest absolute Gasteiger partial charge is 0.161 e. The van der Waals surface area contributed by atoms with Crippen LogP contribution in [0, 0.1) is 5.82 Å². The van der Waals surface area contributed by atoms with Gasteiger partial charge in [0.05, 0.1) is 25.2 Å². The van der Waals surface area contributed by atoms with Gasteiger partial charge in [0.25, 0.3) is 0 Å². The Morgan fingerprint density at radius 3 is 2.93 bits per heavy atom. The molecule has 0 radical (unpaired) electrons. The molecule has 0 atom stereocenters. The molecule has 0 fully saturated rings. The van der Waals surface area contributed by atoms with Crippen LogP contribution >= 0.6 is 0 Å². The highest BCUT2D eigenvalue weighted by Crippen LogP contribution is 2.15. The van der Waals surface area contributed by atoms with Crippen LogP contribution in [0.2, 0.25) is 0 Å². The summed E-state index contributed by atoms with van der Waals surface area (Å²) in [5, 5.41) is 3.85. The van der Waals surface area contributed by atoms with E-state index in [1.165, 1.54) is 17.1 Å². The Balaban J connectivity index is 2.41. The fraction of sp³-hybridized carbons (Fsp3) is 0.100. The summed E-state index contributed by atoms with van der Waals surface area (Å²) in [6.07, 6.45) is 2.48. The summed E-state index contributed by atoms with van der Waals surface area (Å²) in [4.78, 5) is 0. The molecule has 1 aromatic heterocycles. The molecule has 0 unspecified atom stereocenters. The maximum atomic E-state index is 12.7. The van der Waals surface area contributed by atoms with Crippen LogP contribution in [0.5, 0.6) is 5.75 Å². The number of aromatic nitrogens is 2. The molecule has 0 bridgehead atoms. The second kappa shape index (κ2) is 3.49. The van der Waals surface area contributed by atoms with Gasteiger partial charge in [0.15, 0.2) is 5.82 Å². The van der Waals surface area contributed by atoms with Gasteiger partial charge in [-0.25, -0.2) is 9.07 Å². The lowest BCUT2D eigenvalue weighted by Gasteiger charge is -2.03. The monoisotopic (exact) mass is 192 g/mol. The lowest BCUT2D eigenvalue weighted by atomic mass is 10.3. The summed E-state index contributed by atoms with van der Waals surface area (Å²) >= 11 is 0. The van der Waals surface area contributed by atoms with Crippen molar-refractivity contribution < 1.29 is 9.13 Å². The van der Waals surface area contributed by atoms with Gasteiger partial charge in [-0.15, -0.1) is 0 Å². The Bertz CT molecular complexity index is 439. The molecule has 0 aliphatic carbocycles. The minimum atomic E-state index is -0.354. The zero-order valence-electron chi connectivity index (χ0n) is 7.64. The van der Waals surface area contributed by atoms with Crippen LogP contribution in [0.25, 0.3) is 5.69 Å². The molecule has 0 amide bonds. The molecule has 1 aromatic carbocycles. The van der Waals surface area contributed by atoms with Crippen LogP contribution in [0.1, 0.15) is 0 Å². The van der Waals surface area contributed by atoms with Crippen molar-refractivity contribution in [1.82, 2.24) is 9.78 Å². The van der Waals surface area contributed by atoms with Crippen molar-refractivity contribution in [2.45, 2.75) is 0 Å². The van der Waals surface area contributed by atoms with Gasteiger partial charge in [0.2, 0.25) is 0 Å². The second-order valence-electron chi connectivity index (χ2n) is 2.80. The molecular formula is C10H9FN2O. The zero-order valence-corrected chi connectivity index (χ0v) is 7.64. The molecule has 3 nitrogen and oxygen atoms in total. The first-order valence-electron chi connectivity index (χ1n) is 4.14. The van der Waals surface area contributed by atoms with Gasteiger partial charge in [-0.2, -0.15) is 5.10 Å². The first kappa shape index (κ1) is 8.74. The normalized spacial score (nSPS) is 10.1. The molecule has 4 heteroatoms. The summed E-state index contributed by atoms with van der Waals surface area (Å²) in [6.45, 7) is 0. The number of rotatable bonds is 2. The number of methoxy groups -OCH3 is 1. The predicted octanol–water partition coefficient (Wildman–Crippen LogP) is 2.02. The molecule has 0 spiro atoms. The van der Waals surface area contributed by atoms with Crippen LogP contribution in [0.15, 0.2) is 36.7 Å². The molecule has 0 aliphatic heterocycles. The quantitative estimate of drug-likeness (QED) is 0.727. The standard InChI is InChI=1S/C10H9FN2O/c1-14-10-4-2-3-9(5-10)13-7-8(11)6-12-13/h2-7H,1H3. The third kappa shape index (κ3) is 1.59. The fourth-order valence-electron chi connectivity index (χ4n) is 1.20. The Morgan fingerprint density at radius 2 is 2.29 bits per heavy atom. The van der Waals surface area contributed by atoms with E-state index in [2.05, 4.69) is 5.10 Å². The molecule has 0 saturated heterocycles. The molecule has 0 aliphatic rings. The van der Waals surface area contributed by atoms with Crippen molar-refractivity contribution in [3.05, 3.63) is 42.5 Å². The van der Waals surface area contributed by atoms with Crippen LogP contribution in [0.3, 0.4) is 0 Å². The molecular weight excluding hydrogens is 183 g/mol. The van der Waals surface area contributed by atoms with Gasteiger partial charge < -0.3 is 4.74 Å². The van der Waals surface area contributed by atoms with Crippen LogP contribution < -0.4 is 4.74 Å². The number of ether oxygens (including phenoxy) is 1. The molecule has 2 rings (SSSR count). The lowest BCUT2D eigenvalue weighted by Crippen LogP contribution is -1.94. The Kier molecular flexibility index (Phi) is 2.18. The average Bonchev–Trinajstić information content (AvgIpc) is 2.65. The average molecular weight is 192 g/mol. The number of benzene rings is 1. The van der Waals surface area contributed by atoms with E-state index in [-0.39, 0.29) is 5.82 Å². The first-order chi connectivity index (χ1) is 6.79. The fourth-order valence-corrected chi connectivity index (χ4v) is 1.20. The maximum absolute atomic E-state index is 12.7. The van der Waals surface area contributed by atoms with Crippen molar-refractivity contribution in [3.8, 4) is 11.4 Å². The number of nitrogens with zero attached hydrogens (tertiary/aromatic N) is 2. The van der Waals surface area contributed by atoms with Gasteiger partial charge in [0, 0.05) is 6.07 Å². The lowest BCUT2D eigenvalue weighted by molar-refractivity contribution is 0.414. The van der Waals surface area contributed by atoms with E-state index in [0.29, 0.717) is 0 Å². The highest BCUT2D eigenvalue weighted by Gasteiger charge is 2.00. The van der Waals surface area contributed by atoms with Crippen molar-refractivity contribution in [2.75, 3.05) is 7.11 Å². The summed E-state index contributed by atoms with van der Waals surface area (Å²) in [5.41, 5.74) is 0.772. The summed E-state index contributed by atoms with van der Waals surface area (Å²) in [7, 11) is 1.59. The Morgan fingerprint density at radius 1 is 1.43 bits per heavy atom. The largest absolute Gasteiger partial charge is 0.497 e. The Labute approximate surface area is 80.7 Å². The molecule has 0 saturated carbocycles. The molecule has 1 heterocycles. The third-order valence-electron chi connectivity index (χ3n) is 1.87. The van der Waals surface area contributed by atoms with E-state index < -0.39 is 0 Å². The van der Waals surface area contributed by atoms with Crippen molar-refractivity contribution in [2.24, 2.45) is 0 Å². The number of hydrogen-bond donors (Lipinski definition) is 0. The summed E-state index contributed by atoms with van der Waals surface area (Å²) in [6, 6.07) is 7.26. The minimum absolute atomic E-state index is 0.354. The highest BCUT2D eigenvalue weighted by molar-refractivity contribution is 5.38. The van der Waals surface area contributed by atoms with Crippen molar-refractivity contribution >= 4 is 0 Å². The van der Waals surface area contributed by atoms with Crippen LogP contribution in [-0.4, -0.2) is 16.9 Å². The van der Waals surface area contributed by atoms with Gasteiger partial charge in [-0.05, 0) is 12.1 Å². The molecule has 2 aromatic rings. The van der Waals surface area contributed by atoms with E-state index in [0.717, 1.165) is 11.4 Å². The summed E-state index contributed by atoms with van der Waals surface area (Å²) in [5.74, 6) is 0.367. The topological polar surface area (TPSA) is 27.1 Å². The van der Waals surface area contributed by atoms with E-state index in [1.54, 1.807) is 13.2 Å². The van der Waals surface area contributed by atoms with E-state index in [9.17, 15) is 4.39 Å². The summed E-state index contributed by atoms with van der Waals surface area (Å²) < 4.78 is 19.2. The highest BCUT2D eigenvalue weighted by atomic mass is 19.1. The van der Waals surface area contributed by atoms with Gasteiger partial charge in [0.1, 0.15) is 5.75 Å².